The van der Waals surface area contributed by atoms with Gasteiger partial charge in [0.05, 0.1) is 35.5 Å². The number of carbonyl (C=O) groups is 1. The summed E-state index contributed by atoms with van der Waals surface area (Å²) in [5, 5.41) is 0.474. The molecule has 0 amide bonds. The summed E-state index contributed by atoms with van der Waals surface area (Å²) in [5.41, 5.74) is 1.37. The van der Waals surface area contributed by atoms with Crippen LogP contribution in [-0.4, -0.2) is 22.6 Å². The first kappa shape index (κ1) is 20.3. The van der Waals surface area contributed by atoms with Crippen LogP contribution in [0.25, 0.3) is 28.0 Å². The Labute approximate surface area is 188 Å². The van der Waals surface area contributed by atoms with Crippen LogP contribution in [0.3, 0.4) is 0 Å². The molecule has 2 heterocycles. The Morgan fingerprint density at radius 2 is 1.67 bits per heavy atom. The summed E-state index contributed by atoms with van der Waals surface area (Å²) in [6.07, 6.45) is 1.40. The highest BCUT2D eigenvalue weighted by Gasteiger charge is 2.20. The molecule has 3 aromatic carbocycles. The highest BCUT2D eigenvalue weighted by atomic mass is 16.5. The summed E-state index contributed by atoms with van der Waals surface area (Å²) >= 11 is 0. The van der Waals surface area contributed by atoms with Gasteiger partial charge in [-0.3, -0.25) is 9.36 Å². The molecule has 0 unspecified atom stereocenters. The van der Waals surface area contributed by atoms with Crippen molar-refractivity contribution in [1.29, 1.82) is 0 Å². The molecule has 0 spiro atoms. The Morgan fingerprint density at radius 1 is 0.909 bits per heavy atom. The maximum atomic E-state index is 13.6. The first-order chi connectivity index (χ1) is 16.2. The van der Waals surface area contributed by atoms with Gasteiger partial charge in [0.15, 0.2) is 5.82 Å². The van der Waals surface area contributed by atoms with E-state index in [1.807, 2.05) is 6.07 Å². The molecular formula is C26H18N2O5. The van der Waals surface area contributed by atoms with E-state index in [9.17, 15) is 9.59 Å². The van der Waals surface area contributed by atoms with Crippen LogP contribution in [0.4, 0.5) is 0 Å². The first-order valence-corrected chi connectivity index (χ1v) is 10.2. The number of para-hydroxylation sites is 2. The summed E-state index contributed by atoms with van der Waals surface area (Å²) in [5.74, 6) is 0.681. The van der Waals surface area contributed by atoms with Crippen LogP contribution in [0.15, 0.2) is 100 Å². The molecule has 5 aromatic rings. The van der Waals surface area contributed by atoms with Gasteiger partial charge in [-0.1, -0.05) is 24.3 Å². The molecule has 0 aliphatic heterocycles. The van der Waals surface area contributed by atoms with Gasteiger partial charge in [-0.25, -0.2) is 9.78 Å². The molecule has 7 nitrogen and oxygen atoms in total. The second kappa shape index (κ2) is 8.47. The number of furan rings is 1. The number of nitrogens with zero attached hydrogens (tertiary/aromatic N) is 2. The van der Waals surface area contributed by atoms with Crippen LogP contribution >= 0.6 is 0 Å². The SMILES string of the molecule is COc1ccc(-n2c(-c3ccccc3OC(=O)c3ccco3)nc3ccccc3c2=O)cc1. The van der Waals surface area contributed by atoms with Crippen molar-refractivity contribution >= 4 is 16.9 Å². The monoisotopic (exact) mass is 438 g/mol. The smallest absolute Gasteiger partial charge is 0.379 e. The zero-order valence-corrected chi connectivity index (χ0v) is 17.6. The third kappa shape index (κ3) is 3.76. The number of rotatable bonds is 5. The Hall–Kier alpha value is -4.65. The molecule has 2 aromatic heterocycles. The molecule has 0 N–H and O–H groups in total. The number of ether oxygens (including phenoxy) is 2. The molecule has 162 valence electrons. The molecule has 0 radical (unpaired) electrons. The van der Waals surface area contributed by atoms with Gasteiger partial charge in [0.1, 0.15) is 11.5 Å². The summed E-state index contributed by atoms with van der Waals surface area (Å²) in [6, 6.07) is 24.3. The van der Waals surface area contributed by atoms with E-state index in [2.05, 4.69) is 0 Å². The number of esters is 1. The molecule has 0 saturated carbocycles. The van der Waals surface area contributed by atoms with Crippen molar-refractivity contribution in [2.75, 3.05) is 7.11 Å². The van der Waals surface area contributed by atoms with Crippen LogP contribution in [-0.2, 0) is 0 Å². The Morgan fingerprint density at radius 3 is 2.42 bits per heavy atom. The lowest BCUT2D eigenvalue weighted by Gasteiger charge is -2.16. The summed E-state index contributed by atoms with van der Waals surface area (Å²) in [4.78, 5) is 30.9. The molecule has 0 atom stereocenters. The van der Waals surface area contributed by atoms with Crippen LogP contribution in [0.1, 0.15) is 10.6 Å². The van der Waals surface area contributed by atoms with E-state index in [0.29, 0.717) is 33.7 Å². The fraction of sp³-hybridized carbons (Fsp3) is 0.0385. The maximum absolute atomic E-state index is 13.6. The number of aromatic nitrogens is 2. The van der Waals surface area contributed by atoms with Gasteiger partial charge in [-0.05, 0) is 60.7 Å². The number of benzene rings is 3. The van der Waals surface area contributed by atoms with Crippen LogP contribution in [0.5, 0.6) is 11.5 Å². The lowest BCUT2D eigenvalue weighted by atomic mass is 10.1. The van der Waals surface area contributed by atoms with Gasteiger partial charge in [-0.15, -0.1) is 0 Å². The van der Waals surface area contributed by atoms with Gasteiger partial charge in [0.25, 0.3) is 5.56 Å². The summed E-state index contributed by atoms with van der Waals surface area (Å²) < 4.78 is 17.5. The topological polar surface area (TPSA) is 83.6 Å². The highest BCUT2D eigenvalue weighted by Crippen LogP contribution is 2.31. The molecule has 33 heavy (non-hydrogen) atoms. The molecular weight excluding hydrogens is 420 g/mol. The maximum Gasteiger partial charge on any atom is 0.379 e. The van der Waals surface area contributed by atoms with Crippen molar-refractivity contribution in [3.05, 3.63) is 107 Å². The minimum atomic E-state index is -0.647. The van der Waals surface area contributed by atoms with E-state index in [1.165, 1.54) is 16.9 Å². The van der Waals surface area contributed by atoms with Crippen molar-refractivity contribution in [3.8, 4) is 28.6 Å². The first-order valence-electron chi connectivity index (χ1n) is 10.2. The van der Waals surface area contributed by atoms with Crippen molar-refractivity contribution in [2.24, 2.45) is 0 Å². The average Bonchev–Trinajstić information content (AvgIpc) is 3.40. The number of fused-ring (bicyclic) bond motifs is 1. The van der Waals surface area contributed by atoms with Gasteiger partial charge < -0.3 is 13.9 Å². The van der Waals surface area contributed by atoms with Crippen molar-refractivity contribution in [1.82, 2.24) is 9.55 Å². The van der Waals surface area contributed by atoms with E-state index in [4.69, 9.17) is 18.9 Å². The largest absolute Gasteiger partial charge is 0.497 e. The van der Waals surface area contributed by atoms with Crippen molar-refractivity contribution in [2.45, 2.75) is 0 Å². The van der Waals surface area contributed by atoms with E-state index in [1.54, 1.807) is 79.9 Å². The van der Waals surface area contributed by atoms with Crippen molar-refractivity contribution in [3.63, 3.8) is 0 Å². The Balaban J connectivity index is 1.73. The van der Waals surface area contributed by atoms with E-state index in [-0.39, 0.29) is 17.1 Å². The normalized spacial score (nSPS) is 10.8. The third-order valence-corrected chi connectivity index (χ3v) is 5.16. The molecule has 0 aliphatic rings. The molecule has 0 bridgehead atoms. The zero-order chi connectivity index (χ0) is 22.8. The van der Waals surface area contributed by atoms with Crippen LogP contribution in [0.2, 0.25) is 0 Å². The lowest BCUT2D eigenvalue weighted by Crippen LogP contribution is -2.22. The second-order valence-electron chi connectivity index (χ2n) is 7.15. The molecule has 7 heteroatoms. The second-order valence-corrected chi connectivity index (χ2v) is 7.15. The minimum Gasteiger partial charge on any atom is -0.497 e. The molecule has 0 fully saturated rings. The third-order valence-electron chi connectivity index (χ3n) is 5.16. The standard InChI is InChI=1S/C26H18N2O5/c1-31-18-14-12-17(13-15-18)28-24(27-21-9-4-2-7-19(21)25(28)29)20-8-3-5-10-22(20)33-26(30)23-11-6-16-32-23/h2-16H,1H3. The van der Waals surface area contributed by atoms with E-state index in [0.717, 1.165) is 0 Å². The van der Waals surface area contributed by atoms with E-state index < -0.39 is 5.97 Å². The van der Waals surface area contributed by atoms with Crippen LogP contribution < -0.4 is 15.0 Å². The highest BCUT2D eigenvalue weighted by molar-refractivity contribution is 5.89. The molecule has 0 aliphatic carbocycles. The minimum absolute atomic E-state index is 0.0730. The quantitative estimate of drug-likeness (QED) is 0.287. The molecule has 0 saturated heterocycles. The van der Waals surface area contributed by atoms with Gasteiger partial charge >= 0.3 is 5.97 Å². The zero-order valence-electron chi connectivity index (χ0n) is 17.6. The lowest BCUT2D eigenvalue weighted by molar-refractivity contribution is 0.0702. The van der Waals surface area contributed by atoms with Gasteiger partial charge in [0, 0.05) is 0 Å². The fourth-order valence-corrected chi connectivity index (χ4v) is 3.57. The summed E-state index contributed by atoms with van der Waals surface area (Å²) in [6.45, 7) is 0. The number of hydrogen-bond acceptors (Lipinski definition) is 6. The van der Waals surface area contributed by atoms with E-state index >= 15 is 0 Å². The fourth-order valence-electron chi connectivity index (χ4n) is 3.57. The predicted octanol–water partition coefficient (Wildman–Crippen LogP) is 4.87. The average molecular weight is 438 g/mol. The van der Waals surface area contributed by atoms with Crippen LogP contribution in [0, 0.1) is 0 Å². The number of methoxy groups -OCH3 is 1. The Bertz CT molecular complexity index is 1500. The number of hydrogen-bond donors (Lipinski definition) is 0. The Kier molecular flexibility index (Phi) is 5.20. The van der Waals surface area contributed by atoms with Crippen molar-refractivity contribution < 1.29 is 18.7 Å². The van der Waals surface area contributed by atoms with Gasteiger partial charge in [-0.2, -0.15) is 0 Å². The predicted molar refractivity (Wildman–Crippen MR) is 123 cm³/mol. The van der Waals surface area contributed by atoms with Gasteiger partial charge in [0.2, 0.25) is 5.76 Å². The number of carbonyl (C=O) groups excluding carboxylic acids is 1. The summed E-state index contributed by atoms with van der Waals surface area (Å²) in [7, 11) is 1.58. The molecule has 5 rings (SSSR count).